The molecule has 0 amide bonds. The van der Waals surface area contributed by atoms with Crippen molar-refractivity contribution < 1.29 is 4.74 Å². The summed E-state index contributed by atoms with van der Waals surface area (Å²) in [6, 6.07) is 3.78. The number of nitrogens with zero attached hydrogens (tertiary/aromatic N) is 1. The Kier molecular flexibility index (Phi) is 3.72. The Morgan fingerprint density at radius 1 is 1.38 bits per heavy atom. The first-order chi connectivity index (χ1) is 6.11. The van der Waals surface area contributed by atoms with Gasteiger partial charge in [-0.3, -0.25) is 0 Å². The van der Waals surface area contributed by atoms with Gasteiger partial charge in [0, 0.05) is 6.20 Å². The van der Waals surface area contributed by atoms with Gasteiger partial charge < -0.3 is 4.74 Å². The van der Waals surface area contributed by atoms with Crippen LogP contribution in [0.25, 0.3) is 0 Å². The molecule has 2 nitrogen and oxygen atoms in total. The highest BCUT2D eigenvalue weighted by atomic mass is 79.9. The number of halogens is 1. The number of pyridine rings is 1. The Bertz CT molecular complexity index is 275. The van der Waals surface area contributed by atoms with Gasteiger partial charge in [0.25, 0.3) is 0 Å². The predicted octanol–water partition coefficient (Wildman–Crippen LogP) is 3.27. The molecule has 0 saturated heterocycles. The standard InChI is InChI=1S/C10H14BrNO/c1-7(2)8(3)13-9-5-4-6-12-10(9)11/h4-8H,1-3H3. The summed E-state index contributed by atoms with van der Waals surface area (Å²) >= 11 is 3.34. The second-order valence-corrected chi connectivity index (χ2v) is 4.11. The van der Waals surface area contributed by atoms with E-state index in [2.05, 4.69) is 41.7 Å². The molecule has 0 saturated carbocycles. The van der Waals surface area contributed by atoms with E-state index in [0.29, 0.717) is 5.92 Å². The normalized spacial score (nSPS) is 13.0. The SMILES string of the molecule is CC(C)C(C)Oc1cccnc1Br. The molecule has 1 aromatic rings. The third kappa shape index (κ3) is 2.99. The molecule has 1 atom stereocenters. The maximum Gasteiger partial charge on any atom is 0.152 e. The maximum absolute atomic E-state index is 5.70. The van der Waals surface area contributed by atoms with Crippen molar-refractivity contribution in [3.8, 4) is 5.75 Å². The van der Waals surface area contributed by atoms with Crippen molar-refractivity contribution in [3.63, 3.8) is 0 Å². The second kappa shape index (κ2) is 4.61. The van der Waals surface area contributed by atoms with Crippen LogP contribution in [-0.2, 0) is 0 Å². The van der Waals surface area contributed by atoms with Gasteiger partial charge in [-0.1, -0.05) is 13.8 Å². The monoisotopic (exact) mass is 243 g/mol. The molecule has 1 aromatic heterocycles. The highest BCUT2D eigenvalue weighted by Gasteiger charge is 2.10. The maximum atomic E-state index is 5.70. The molecule has 0 fully saturated rings. The lowest BCUT2D eigenvalue weighted by molar-refractivity contribution is 0.168. The topological polar surface area (TPSA) is 22.1 Å². The quantitative estimate of drug-likeness (QED) is 0.761. The molecule has 0 aromatic carbocycles. The summed E-state index contributed by atoms with van der Waals surface area (Å²) in [6.07, 6.45) is 1.94. The van der Waals surface area contributed by atoms with Crippen molar-refractivity contribution in [1.82, 2.24) is 4.98 Å². The Labute approximate surface area is 87.5 Å². The summed E-state index contributed by atoms with van der Waals surface area (Å²) in [5.74, 6) is 1.32. The fourth-order valence-electron chi connectivity index (χ4n) is 0.796. The Hall–Kier alpha value is -0.570. The van der Waals surface area contributed by atoms with Crippen LogP contribution in [0.5, 0.6) is 5.75 Å². The Morgan fingerprint density at radius 3 is 2.62 bits per heavy atom. The highest BCUT2D eigenvalue weighted by Crippen LogP contribution is 2.23. The van der Waals surface area contributed by atoms with E-state index in [-0.39, 0.29) is 6.10 Å². The molecule has 1 rings (SSSR count). The van der Waals surface area contributed by atoms with Crippen LogP contribution in [0.1, 0.15) is 20.8 Å². The summed E-state index contributed by atoms with van der Waals surface area (Å²) in [5, 5.41) is 0. The lowest BCUT2D eigenvalue weighted by atomic mass is 10.1. The van der Waals surface area contributed by atoms with E-state index in [1.165, 1.54) is 0 Å². The van der Waals surface area contributed by atoms with E-state index in [4.69, 9.17) is 4.74 Å². The average molecular weight is 244 g/mol. The second-order valence-electron chi connectivity index (χ2n) is 3.36. The van der Waals surface area contributed by atoms with Gasteiger partial charge in [0.2, 0.25) is 0 Å². The van der Waals surface area contributed by atoms with Crippen molar-refractivity contribution in [2.24, 2.45) is 5.92 Å². The first-order valence-electron chi connectivity index (χ1n) is 4.38. The van der Waals surface area contributed by atoms with Crippen LogP contribution in [0.4, 0.5) is 0 Å². The third-order valence-electron chi connectivity index (χ3n) is 1.98. The molecule has 13 heavy (non-hydrogen) atoms. The van der Waals surface area contributed by atoms with Crippen LogP contribution in [0.2, 0.25) is 0 Å². The molecule has 72 valence electrons. The summed E-state index contributed by atoms with van der Waals surface area (Å²) < 4.78 is 6.46. The fourth-order valence-corrected chi connectivity index (χ4v) is 1.14. The molecule has 3 heteroatoms. The predicted molar refractivity (Wildman–Crippen MR) is 56.9 cm³/mol. The van der Waals surface area contributed by atoms with Crippen molar-refractivity contribution in [1.29, 1.82) is 0 Å². The Morgan fingerprint density at radius 2 is 2.08 bits per heavy atom. The molecule has 0 aliphatic heterocycles. The van der Waals surface area contributed by atoms with Crippen LogP contribution in [0, 0.1) is 5.92 Å². The van der Waals surface area contributed by atoms with Crippen molar-refractivity contribution >= 4 is 15.9 Å². The zero-order chi connectivity index (χ0) is 9.84. The van der Waals surface area contributed by atoms with E-state index < -0.39 is 0 Å². The van der Waals surface area contributed by atoms with Crippen molar-refractivity contribution in [2.75, 3.05) is 0 Å². The van der Waals surface area contributed by atoms with Crippen molar-refractivity contribution in [2.45, 2.75) is 26.9 Å². The Balaban J connectivity index is 2.69. The molecule has 0 bridgehead atoms. The average Bonchev–Trinajstić information content (AvgIpc) is 2.08. The number of aromatic nitrogens is 1. The highest BCUT2D eigenvalue weighted by molar-refractivity contribution is 9.10. The molecule has 0 aliphatic carbocycles. The van der Waals surface area contributed by atoms with Crippen LogP contribution in [-0.4, -0.2) is 11.1 Å². The first-order valence-corrected chi connectivity index (χ1v) is 5.17. The smallest absolute Gasteiger partial charge is 0.152 e. The molecular weight excluding hydrogens is 230 g/mol. The fraction of sp³-hybridized carbons (Fsp3) is 0.500. The van der Waals surface area contributed by atoms with E-state index in [0.717, 1.165) is 10.4 Å². The van der Waals surface area contributed by atoms with Gasteiger partial charge in [-0.15, -0.1) is 0 Å². The van der Waals surface area contributed by atoms with Crippen LogP contribution < -0.4 is 4.74 Å². The van der Waals surface area contributed by atoms with Crippen LogP contribution in [0.15, 0.2) is 22.9 Å². The zero-order valence-corrected chi connectivity index (χ0v) is 9.71. The van der Waals surface area contributed by atoms with E-state index in [1.54, 1.807) is 6.20 Å². The lowest BCUT2D eigenvalue weighted by Gasteiger charge is -2.18. The molecule has 0 radical (unpaired) electrons. The minimum Gasteiger partial charge on any atom is -0.488 e. The van der Waals surface area contributed by atoms with E-state index in [1.807, 2.05) is 12.1 Å². The summed E-state index contributed by atoms with van der Waals surface area (Å²) in [5.41, 5.74) is 0. The molecule has 0 aliphatic rings. The van der Waals surface area contributed by atoms with Gasteiger partial charge in [-0.2, -0.15) is 0 Å². The molecular formula is C10H14BrNO. The van der Waals surface area contributed by atoms with Crippen LogP contribution >= 0.6 is 15.9 Å². The van der Waals surface area contributed by atoms with Gasteiger partial charge in [-0.05, 0) is 40.9 Å². The minimum atomic E-state index is 0.209. The summed E-state index contributed by atoms with van der Waals surface area (Å²) in [6.45, 7) is 6.33. The zero-order valence-electron chi connectivity index (χ0n) is 8.12. The molecule has 1 heterocycles. The lowest BCUT2D eigenvalue weighted by Crippen LogP contribution is -2.18. The number of hydrogen-bond donors (Lipinski definition) is 0. The van der Waals surface area contributed by atoms with Gasteiger partial charge in [0.1, 0.15) is 4.60 Å². The first kappa shape index (κ1) is 10.5. The van der Waals surface area contributed by atoms with Gasteiger partial charge >= 0.3 is 0 Å². The number of ether oxygens (including phenoxy) is 1. The summed E-state index contributed by atoms with van der Waals surface area (Å²) in [7, 11) is 0. The van der Waals surface area contributed by atoms with Gasteiger partial charge in [0.15, 0.2) is 5.75 Å². The molecule has 0 spiro atoms. The number of hydrogen-bond acceptors (Lipinski definition) is 2. The molecule has 1 unspecified atom stereocenters. The van der Waals surface area contributed by atoms with Gasteiger partial charge in [-0.25, -0.2) is 4.98 Å². The minimum absolute atomic E-state index is 0.209. The van der Waals surface area contributed by atoms with Crippen molar-refractivity contribution in [3.05, 3.63) is 22.9 Å². The van der Waals surface area contributed by atoms with E-state index >= 15 is 0 Å². The largest absolute Gasteiger partial charge is 0.488 e. The van der Waals surface area contributed by atoms with Gasteiger partial charge in [0.05, 0.1) is 6.10 Å². The summed E-state index contributed by atoms with van der Waals surface area (Å²) in [4.78, 5) is 4.08. The van der Waals surface area contributed by atoms with E-state index in [9.17, 15) is 0 Å². The molecule has 0 N–H and O–H groups in total. The number of rotatable bonds is 3. The third-order valence-corrected chi connectivity index (χ3v) is 2.57. The van der Waals surface area contributed by atoms with Crippen LogP contribution in [0.3, 0.4) is 0 Å².